The van der Waals surface area contributed by atoms with Gasteiger partial charge in [-0.1, -0.05) is 20.8 Å². The van der Waals surface area contributed by atoms with Crippen LogP contribution in [0.15, 0.2) is 0 Å². The minimum atomic E-state index is -0.734. The molecule has 0 saturated carbocycles. The van der Waals surface area contributed by atoms with Crippen LogP contribution < -0.4 is 0 Å². The molecule has 0 aromatic carbocycles. The van der Waals surface area contributed by atoms with Gasteiger partial charge < -0.3 is 10.0 Å². The highest BCUT2D eigenvalue weighted by Gasteiger charge is 2.35. The molecule has 0 aromatic rings. The fraction of sp³-hybridized carbons (Fsp3) is 0.917. The predicted molar refractivity (Wildman–Crippen MR) is 66.7 cm³/mol. The number of carbonyl (C=O) groups is 1. The quantitative estimate of drug-likeness (QED) is 0.798. The van der Waals surface area contributed by atoms with Gasteiger partial charge >= 0.3 is 5.97 Å². The number of piperazine rings is 1. The van der Waals surface area contributed by atoms with E-state index in [0.29, 0.717) is 0 Å². The number of hydrogen-bond donors (Lipinski definition) is 1. The number of carboxylic acid groups (broad SMARTS) is 1. The molecule has 0 aromatic heterocycles. The van der Waals surface area contributed by atoms with E-state index in [4.69, 9.17) is 5.11 Å². The zero-order valence-corrected chi connectivity index (χ0v) is 11.3. The maximum absolute atomic E-state index is 11.0. The molecule has 1 fully saturated rings. The Morgan fingerprint density at radius 1 is 1.19 bits per heavy atom. The maximum atomic E-state index is 11.0. The molecule has 0 amide bonds. The second-order valence-corrected chi connectivity index (χ2v) is 4.29. The summed E-state index contributed by atoms with van der Waals surface area (Å²) in [5.74, 6) is -0.734. The first kappa shape index (κ1) is 15.4. The lowest BCUT2D eigenvalue weighted by Crippen LogP contribution is -2.57. The van der Waals surface area contributed by atoms with Gasteiger partial charge in [-0.05, 0) is 20.4 Å². The van der Waals surface area contributed by atoms with E-state index in [2.05, 4.69) is 11.8 Å². The molecule has 0 aliphatic carbocycles. The van der Waals surface area contributed by atoms with Crippen molar-refractivity contribution in [3.8, 4) is 0 Å². The maximum Gasteiger partial charge on any atom is 0.323 e. The molecule has 1 saturated heterocycles. The highest BCUT2D eigenvalue weighted by Crippen LogP contribution is 2.16. The van der Waals surface area contributed by atoms with Gasteiger partial charge in [-0.15, -0.1) is 0 Å². The molecular formula is C12H26N2O2. The third kappa shape index (κ3) is 3.76. The van der Waals surface area contributed by atoms with Crippen molar-refractivity contribution in [2.45, 2.75) is 40.2 Å². The molecule has 0 spiro atoms. The third-order valence-corrected chi connectivity index (χ3v) is 3.13. The Morgan fingerprint density at radius 2 is 1.62 bits per heavy atom. The summed E-state index contributed by atoms with van der Waals surface area (Å²) in [6, 6.07) is 0. The van der Waals surface area contributed by atoms with Crippen LogP contribution in [0.5, 0.6) is 0 Å². The van der Waals surface area contributed by atoms with Crippen LogP contribution in [0.1, 0.15) is 34.6 Å². The topological polar surface area (TPSA) is 43.8 Å². The molecule has 96 valence electrons. The largest absolute Gasteiger partial charge is 0.480 e. The lowest BCUT2D eigenvalue weighted by Gasteiger charge is -2.41. The van der Waals surface area contributed by atoms with Gasteiger partial charge in [-0.3, -0.25) is 9.69 Å². The first-order valence-electron chi connectivity index (χ1n) is 6.19. The minimum Gasteiger partial charge on any atom is -0.480 e. The summed E-state index contributed by atoms with van der Waals surface area (Å²) in [6.45, 7) is 14.4. The lowest BCUT2D eigenvalue weighted by molar-refractivity contribution is -0.150. The number of hydrogen-bond acceptors (Lipinski definition) is 3. The smallest absolute Gasteiger partial charge is 0.323 e. The Labute approximate surface area is 99.2 Å². The van der Waals surface area contributed by atoms with E-state index in [9.17, 15) is 4.79 Å². The number of nitrogens with zero attached hydrogens (tertiary/aromatic N) is 2. The van der Waals surface area contributed by atoms with Crippen LogP contribution in [0.4, 0.5) is 0 Å². The highest BCUT2D eigenvalue weighted by molar-refractivity contribution is 5.77. The summed E-state index contributed by atoms with van der Waals surface area (Å²) in [4.78, 5) is 15.4. The molecule has 0 bridgehead atoms. The molecule has 1 rings (SSSR count). The van der Waals surface area contributed by atoms with E-state index >= 15 is 0 Å². The molecular weight excluding hydrogens is 204 g/mol. The Hall–Kier alpha value is -0.610. The average molecular weight is 230 g/mol. The fourth-order valence-corrected chi connectivity index (χ4v) is 1.76. The summed E-state index contributed by atoms with van der Waals surface area (Å²) >= 11 is 0. The van der Waals surface area contributed by atoms with Crippen LogP contribution in [-0.4, -0.2) is 59.1 Å². The van der Waals surface area contributed by atoms with Gasteiger partial charge in [-0.2, -0.15) is 0 Å². The van der Waals surface area contributed by atoms with Crippen LogP contribution in [0.25, 0.3) is 0 Å². The minimum absolute atomic E-state index is 0.722. The van der Waals surface area contributed by atoms with Gasteiger partial charge in [0.05, 0.1) is 0 Å². The fourth-order valence-electron chi connectivity index (χ4n) is 1.76. The SMILES string of the molecule is CC.CCN1CCN(C(C)(C)C(=O)O)CC1. The van der Waals surface area contributed by atoms with Crippen LogP contribution in [0.3, 0.4) is 0 Å². The number of carboxylic acids is 1. The molecule has 4 nitrogen and oxygen atoms in total. The summed E-state index contributed by atoms with van der Waals surface area (Å²) in [6.07, 6.45) is 0. The van der Waals surface area contributed by atoms with Gasteiger partial charge in [0.1, 0.15) is 5.54 Å². The zero-order chi connectivity index (χ0) is 12.8. The van der Waals surface area contributed by atoms with E-state index in [1.165, 1.54) is 0 Å². The zero-order valence-electron chi connectivity index (χ0n) is 11.3. The lowest BCUT2D eigenvalue weighted by atomic mass is 10.0. The van der Waals surface area contributed by atoms with E-state index in [1.807, 2.05) is 18.7 Å². The third-order valence-electron chi connectivity index (χ3n) is 3.13. The number of likely N-dealkylation sites (N-methyl/N-ethyl adjacent to an activating group) is 1. The van der Waals surface area contributed by atoms with E-state index in [1.54, 1.807) is 13.8 Å². The van der Waals surface area contributed by atoms with Crippen molar-refractivity contribution in [3.05, 3.63) is 0 Å². The highest BCUT2D eigenvalue weighted by atomic mass is 16.4. The molecule has 0 atom stereocenters. The Balaban J connectivity index is 0.00000106. The summed E-state index contributed by atoms with van der Waals surface area (Å²) < 4.78 is 0. The van der Waals surface area contributed by atoms with Gasteiger partial charge in [-0.25, -0.2) is 0 Å². The molecule has 1 aliphatic rings. The summed E-state index contributed by atoms with van der Waals surface area (Å²) in [5.41, 5.74) is -0.722. The van der Waals surface area contributed by atoms with E-state index < -0.39 is 11.5 Å². The molecule has 1 heterocycles. The molecule has 16 heavy (non-hydrogen) atoms. The predicted octanol–water partition coefficient (Wildman–Crippen LogP) is 1.51. The summed E-state index contributed by atoms with van der Waals surface area (Å²) in [7, 11) is 0. The van der Waals surface area contributed by atoms with Gasteiger partial charge in [0, 0.05) is 26.2 Å². The molecule has 1 N–H and O–H groups in total. The van der Waals surface area contributed by atoms with E-state index in [-0.39, 0.29) is 0 Å². The van der Waals surface area contributed by atoms with Gasteiger partial charge in [0.25, 0.3) is 0 Å². The van der Waals surface area contributed by atoms with E-state index in [0.717, 1.165) is 32.7 Å². The second-order valence-electron chi connectivity index (χ2n) is 4.29. The van der Waals surface area contributed by atoms with Crippen molar-refractivity contribution >= 4 is 5.97 Å². The Bertz CT molecular complexity index is 209. The number of aliphatic carboxylic acids is 1. The van der Waals surface area contributed by atoms with Crippen LogP contribution in [0.2, 0.25) is 0 Å². The standard InChI is InChI=1S/C10H20N2O2.C2H6/c1-4-11-5-7-12(8-6-11)10(2,3)9(13)14;1-2/h4-8H2,1-3H3,(H,13,14);1-2H3. The molecule has 0 unspecified atom stereocenters. The van der Waals surface area contributed by atoms with Crippen molar-refractivity contribution in [3.63, 3.8) is 0 Å². The van der Waals surface area contributed by atoms with Crippen molar-refractivity contribution < 1.29 is 9.90 Å². The molecule has 0 radical (unpaired) electrons. The first-order valence-corrected chi connectivity index (χ1v) is 6.19. The molecule has 4 heteroatoms. The molecule has 1 aliphatic heterocycles. The second kappa shape index (κ2) is 6.86. The Morgan fingerprint density at radius 3 is 1.94 bits per heavy atom. The van der Waals surface area contributed by atoms with Crippen LogP contribution in [0, 0.1) is 0 Å². The van der Waals surface area contributed by atoms with Crippen LogP contribution in [-0.2, 0) is 4.79 Å². The first-order chi connectivity index (χ1) is 7.48. The van der Waals surface area contributed by atoms with Crippen LogP contribution >= 0.6 is 0 Å². The Kier molecular flexibility index (Phi) is 6.60. The van der Waals surface area contributed by atoms with Gasteiger partial charge in [0.2, 0.25) is 0 Å². The van der Waals surface area contributed by atoms with Crippen molar-refractivity contribution in [1.82, 2.24) is 9.80 Å². The monoisotopic (exact) mass is 230 g/mol. The summed E-state index contributed by atoms with van der Waals surface area (Å²) in [5, 5.41) is 9.06. The average Bonchev–Trinajstić information content (AvgIpc) is 2.31. The van der Waals surface area contributed by atoms with Crippen molar-refractivity contribution in [1.29, 1.82) is 0 Å². The normalized spacial score (nSPS) is 18.8. The number of rotatable bonds is 3. The van der Waals surface area contributed by atoms with Crippen molar-refractivity contribution in [2.75, 3.05) is 32.7 Å². The van der Waals surface area contributed by atoms with Crippen molar-refractivity contribution in [2.24, 2.45) is 0 Å². The van der Waals surface area contributed by atoms with Gasteiger partial charge in [0.15, 0.2) is 0 Å².